The molecule has 1 heterocycles. The maximum absolute atomic E-state index is 10.6. The van der Waals surface area contributed by atoms with Crippen molar-refractivity contribution in [3.8, 4) is 22.8 Å². The standard InChI is InChI=1S/C14H10N4O3/c15-12-4-2-1-3-11(12)13-16-14(21-17-13)9-5-7-10(8-6-9)18(19)20/h1-8H,15H2. The number of benzene rings is 2. The molecule has 1 aromatic heterocycles. The van der Waals surface area contributed by atoms with Crippen LogP contribution < -0.4 is 5.73 Å². The van der Waals surface area contributed by atoms with Crippen LogP contribution in [0, 0.1) is 10.1 Å². The minimum Gasteiger partial charge on any atom is -0.398 e. The van der Waals surface area contributed by atoms with Crippen molar-refractivity contribution in [3.05, 3.63) is 58.6 Å². The molecule has 0 spiro atoms. The van der Waals surface area contributed by atoms with Crippen molar-refractivity contribution in [3.63, 3.8) is 0 Å². The summed E-state index contributed by atoms with van der Waals surface area (Å²) in [5, 5.41) is 14.5. The largest absolute Gasteiger partial charge is 0.398 e. The van der Waals surface area contributed by atoms with E-state index in [1.807, 2.05) is 12.1 Å². The number of para-hydroxylation sites is 1. The number of nitrogen functional groups attached to an aromatic ring is 1. The van der Waals surface area contributed by atoms with Gasteiger partial charge in [0.15, 0.2) is 0 Å². The molecule has 7 nitrogen and oxygen atoms in total. The number of nitrogens with two attached hydrogens (primary N) is 1. The molecule has 2 aromatic carbocycles. The molecule has 7 heteroatoms. The molecule has 21 heavy (non-hydrogen) atoms. The van der Waals surface area contributed by atoms with Crippen LogP contribution in [0.3, 0.4) is 0 Å². The SMILES string of the molecule is Nc1ccccc1-c1noc(-c2ccc([N+](=O)[O-])cc2)n1. The molecule has 0 aliphatic heterocycles. The Kier molecular flexibility index (Phi) is 3.07. The molecule has 0 atom stereocenters. The molecule has 0 bridgehead atoms. The van der Waals surface area contributed by atoms with Crippen molar-refractivity contribution in [2.45, 2.75) is 0 Å². The fraction of sp³-hybridized carbons (Fsp3) is 0. The summed E-state index contributed by atoms with van der Waals surface area (Å²) >= 11 is 0. The number of anilines is 1. The summed E-state index contributed by atoms with van der Waals surface area (Å²) in [5.74, 6) is 0.657. The van der Waals surface area contributed by atoms with Crippen LogP contribution >= 0.6 is 0 Å². The Balaban J connectivity index is 1.95. The van der Waals surface area contributed by atoms with Gasteiger partial charge in [-0.3, -0.25) is 10.1 Å². The second-order valence-corrected chi connectivity index (χ2v) is 4.31. The van der Waals surface area contributed by atoms with Gasteiger partial charge < -0.3 is 10.3 Å². The van der Waals surface area contributed by atoms with Gasteiger partial charge >= 0.3 is 0 Å². The molecule has 0 amide bonds. The monoisotopic (exact) mass is 282 g/mol. The van der Waals surface area contributed by atoms with Gasteiger partial charge in [-0.1, -0.05) is 17.3 Å². The third kappa shape index (κ3) is 2.44. The van der Waals surface area contributed by atoms with E-state index in [1.165, 1.54) is 12.1 Å². The summed E-state index contributed by atoms with van der Waals surface area (Å²) < 4.78 is 5.17. The summed E-state index contributed by atoms with van der Waals surface area (Å²) in [6.07, 6.45) is 0. The van der Waals surface area contributed by atoms with Gasteiger partial charge in [0.05, 0.1) is 4.92 Å². The number of nitro groups is 1. The maximum atomic E-state index is 10.6. The van der Waals surface area contributed by atoms with E-state index >= 15 is 0 Å². The highest BCUT2D eigenvalue weighted by atomic mass is 16.6. The van der Waals surface area contributed by atoms with Gasteiger partial charge in [-0.15, -0.1) is 0 Å². The maximum Gasteiger partial charge on any atom is 0.269 e. The quantitative estimate of drug-likeness (QED) is 0.449. The van der Waals surface area contributed by atoms with Crippen molar-refractivity contribution in [2.75, 3.05) is 5.73 Å². The van der Waals surface area contributed by atoms with Crippen LogP contribution in [-0.2, 0) is 0 Å². The molecule has 0 fully saturated rings. The molecular weight excluding hydrogens is 272 g/mol. The van der Waals surface area contributed by atoms with E-state index in [2.05, 4.69) is 10.1 Å². The van der Waals surface area contributed by atoms with E-state index in [1.54, 1.807) is 24.3 Å². The second kappa shape index (κ2) is 5.04. The molecule has 0 aliphatic carbocycles. The minimum atomic E-state index is -0.465. The molecule has 0 saturated heterocycles. The Morgan fingerprint density at radius 3 is 2.48 bits per heavy atom. The molecule has 0 radical (unpaired) electrons. The number of aromatic nitrogens is 2. The highest BCUT2D eigenvalue weighted by Gasteiger charge is 2.13. The highest BCUT2D eigenvalue weighted by Crippen LogP contribution is 2.26. The van der Waals surface area contributed by atoms with Gasteiger partial charge in [0.1, 0.15) is 0 Å². The van der Waals surface area contributed by atoms with Crippen molar-refractivity contribution in [2.24, 2.45) is 0 Å². The summed E-state index contributed by atoms with van der Waals surface area (Å²) in [6, 6.07) is 13.1. The number of nitro benzene ring substituents is 1. The smallest absolute Gasteiger partial charge is 0.269 e. The zero-order chi connectivity index (χ0) is 14.8. The molecule has 2 N–H and O–H groups in total. The highest BCUT2D eigenvalue weighted by molar-refractivity contribution is 5.72. The first-order chi connectivity index (χ1) is 10.1. The van der Waals surface area contributed by atoms with Crippen molar-refractivity contribution >= 4 is 11.4 Å². The van der Waals surface area contributed by atoms with Gasteiger partial charge in [0.25, 0.3) is 11.6 Å². The Bertz CT molecular complexity index is 796. The Labute approximate surface area is 119 Å². The predicted octanol–water partition coefficient (Wildman–Crippen LogP) is 2.89. The number of hydrogen-bond acceptors (Lipinski definition) is 6. The molecule has 0 unspecified atom stereocenters. The normalized spacial score (nSPS) is 10.5. The molecule has 3 rings (SSSR count). The van der Waals surface area contributed by atoms with Crippen LogP contribution in [-0.4, -0.2) is 15.1 Å². The summed E-state index contributed by atoms with van der Waals surface area (Å²) in [5.41, 5.74) is 7.69. The first-order valence-electron chi connectivity index (χ1n) is 6.08. The first-order valence-corrected chi connectivity index (χ1v) is 6.08. The Morgan fingerprint density at radius 2 is 1.81 bits per heavy atom. The number of rotatable bonds is 3. The first kappa shape index (κ1) is 12.8. The van der Waals surface area contributed by atoms with Crippen molar-refractivity contribution in [1.29, 1.82) is 0 Å². The predicted molar refractivity (Wildman–Crippen MR) is 76.2 cm³/mol. The Morgan fingerprint density at radius 1 is 1.10 bits per heavy atom. The molecule has 3 aromatic rings. The van der Waals surface area contributed by atoms with Crippen LogP contribution in [0.15, 0.2) is 53.1 Å². The summed E-state index contributed by atoms with van der Waals surface area (Å²) in [4.78, 5) is 14.4. The van der Waals surface area contributed by atoms with Crippen LogP contribution in [0.4, 0.5) is 11.4 Å². The van der Waals surface area contributed by atoms with Crippen LogP contribution in [0.25, 0.3) is 22.8 Å². The van der Waals surface area contributed by atoms with Crippen LogP contribution in [0.5, 0.6) is 0 Å². The lowest BCUT2D eigenvalue weighted by Crippen LogP contribution is -1.90. The van der Waals surface area contributed by atoms with E-state index in [-0.39, 0.29) is 11.6 Å². The van der Waals surface area contributed by atoms with Gasteiger partial charge in [-0.05, 0) is 24.3 Å². The number of nitrogens with zero attached hydrogens (tertiary/aromatic N) is 3. The van der Waals surface area contributed by atoms with Gasteiger partial charge in [-0.2, -0.15) is 4.98 Å². The third-order valence-corrected chi connectivity index (χ3v) is 2.95. The average molecular weight is 282 g/mol. The topological polar surface area (TPSA) is 108 Å². The lowest BCUT2D eigenvalue weighted by molar-refractivity contribution is -0.384. The van der Waals surface area contributed by atoms with E-state index in [9.17, 15) is 10.1 Å². The summed E-state index contributed by atoms with van der Waals surface area (Å²) in [6.45, 7) is 0. The molecule has 104 valence electrons. The van der Waals surface area contributed by atoms with Gasteiger partial charge in [0.2, 0.25) is 5.82 Å². The molecule has 0 saturated carbocycles. The van der Waals surface area contributed by atoms with Crippen molar-refractivity contribution in [1.82, 2.24) is 10.1 Å². The van der Waals surface area contributed by atoms with E-state index < -0.39 is 4.92 Å². The zero-order valence-corrected chi connectivity index (χ0v) is 10.8. The zero-order valence-electron chi connectivity index (χ0n) is 10.8. The van der Waals surface area contributed by atoms with Crippen LogP contribution in [0.1, 0.15) is 0 Å². The lowest BCUT2D eigenvalue weighted by atomic mass is 10.1. The number of hydrogen-bond donors (Lipinski definition) is 1. The van der Waals surface area contributed by atoms with E-state index in [4.69, 9.17) is 10.3 Å². The van der Waals surface area contributed by atoms with Crippen LogP contribution in [0.2, 0.25) is 0 Å². The number of non-ortho nitro benzene ring substituents is 1. The van der Waals surface area contributed by atoms with Gasteiger partial charge in [-0.25, -0.2) is 0 Å². The third-order valence-electron chi connectivity index (χ3n) is 2.95. The average Bonchev–Trinajstić information content (AvgIpc) is 2.97. The Hall–Kier alpha value is -3.22. The minimum absolute atomic E-state index is 0.00536. The van der Waals surface area contributed by atoms with Gasteiger partial charge in [0, 0.05) is 28.9 Å². The van der Waals surface area contributed by atoms with Crippen molar-refractivity contribution < 1.29 is 9.45 Å². The second-order valence-electron chi connectivity index (χ2n) is 4.31. The lowest BCUT2D eigenvalue weighted by Gasteiger charge is -1.98. The molecule has 0 aliphatic rings. The molecular formula is C14H10N4O3. The van der Waals surface area contributed by atoms with E-state index in [0.29, 0.717) is 22.6 Å². The fourth-order valence-corrected chi connectivity index (χ4v) is 1.88. The summed E-state index contributed by atoms with van der Waals surface area (Å²) in [7, 11) is 0. The van der Waals surface area contributed by atoms with E-state index in [0.717, 1.165) is 0 Å². The fourth-order valence-electron chi connectivity index (χ4n) is 1.88.